The van der Waals surface area contributed by atoms with Gasteiger partial charge in [-0.2, -0.15) is 0 Å². The van der Waals surface area contributed by atoms with Gasteiger partial charge in [0.1, 0.15) is 0 Å². The fraction of sp³-hybridized carbons (Fsp3) is 0.370. The molecule has 0 spiro atoms. The van der Waals surface area contributed by atoms with Crippen molar-refractivity contribution in [3.63, 3.8) is 0 Å². The zero-order valence-electron chi connectivity index (χ0n) is 19.1. The predicted octanol–water partition coefficient (Wildman–Crippen LogP) is 5.52. The van der Waals surface area contributed by atoms with Crippen molar-refractivity contribution in [2.75, 3.05) is 36.0 Å². The van der Waals surface area contributed by atoms with Crippen LogP contribution in [0.15, 0.2) is 48.5 Å². The van der Waals surface area contributed by atoms with Crippen LogP contribution in [-0.2, 0) is 19.3 Å². The summed E-state index contributed by atoms with van der Waals surface area (Å²) in [6.45, 7) is 5.97. The summed E-state index contributed by atoms with van der Waals surface area (Å²) in [6, 6.07) is 17.7. The first-order valence-corrected chi connectivity index (χ1v) is 12.9. The van der Waals surface area contributed by atoms with Crippen LogP contribution in [0.1, 0.15) is 36.5 Å². The number of benzene rings is 2. The van der Waals surface area contributed by atoms with E-state index in [4.69, 9.17) is 4.98 Å². The van der Waals surface area contributed by atoms with Crippen LogP contribution >= 0.6 is 11.3 Å². The summed E-state index contributed by atoms with van der Waals surface area (Å²) >= 11 is 1.81. The number of fused-ring (bicyclic) bond motifs is 2. The third-order valence-electron chi connectivity index (χ3n) is 7.02. The molecule has 168 valence electrons. The van der Waals surface area contributed by atoms with E-state index in [1.165, 1.54) is 52.6 Å². The molecule has 0 saturated carbocycles. The van der Waals surface area contributed by atoms with Crippen LogP contribution in [0.5, 0.6) is 0 Å². The van der Waals surface area contributed by atoms with Gasteiger partial charge in [-0.25, -0.2) is 4.98 Å². The zero-order valence-corrected chi connectivity index (χ0v) is 19.9. The van der Waals surface area contributed by atoms with Crippen LogP contribution in [0.4, 0.5) is 10.9 Å². The fourth-order valence-corrected chi connectivity index (χ4v) is 6.06. The monoisotopic (exact) mass is 455 g/mol. The number of nitrogens with zero attached hydrogens (tertiary/aromatic N) is 5. The largest absolute Gasteiger partial charge is 0.352 e. The van der Waals surface area contributed by atoms with Crippen molar-refractivity contribution in [3.8, 4) is 11.3 Å². The van der Waals surface area contributed by atoms with Crippen molar-refractivity contribution in [1.82, 2.24) is 15.2 Å². The van der Waals surface area contributed by atoms with E-state index in [9.17, 15) is 0 Å². The van der Waals surface area contributed by atoms with Gasteiger partial charge in [-0.05, 0) is 79.1 Å². The molecule has 0 radical (unpaired) electrons. The lowest BCUT2D eigenvalue weighted by Crippen LogP contribution is -2.46. The number of piperazine rings is 1. The van der Waals surface area contributed by atoms with Crippen molar-refractivity contribution in [2.24, 2.45) is 0 Å². The Labute approximate surface area is 199 Å². The van der Waals surface area contributed by atoms with Gasteiger partial charge in [0.25, 0.3) is 0 Å². The molecule has 1 fully saturated rings. The Balaban J connectivity index is 1.13. The molecule has 0 atom stereocenters. The summed E-state index contributed by atoms with van der Waals surface area (Å²) in [7, 11) is 0. The molecular weight excluding hydrogens is 426 g/mol. The molecule has 1 saturated heterocycles. The standard InChI is InChI=1S/C27H29N5S/c1-2-19-7-10-24-25(17-19)33-27(28-24)32-15-13-31(14-16-32)26-12-11-23(29-30-26)22-9-8-20-5-3-4-6-21(20)18-22/h7-12,17-18H,2-6,13-16H2,1H3. The Bertz CT molecular complexity index is 1270. The third-order valence-corrected chi connectivity index (χ3v) is 8.10. The number of hydrogen-bond donors (Lipinski definition) is 0. The van der Waals surface area contributed by atoms with Gasteiger partial charge in [-0.15, -0.1) is 10.2 Å². The summed E-state index contributed by atoms with van der Waals surface area (Å²) in [4.78, 5) is 9.62. The lowest BCUT2D eigenvalue weighted by Gasteiger charge is -2.35. The third kappa shape index (κ3) is 4.08. The SMILES string of the molecule is CCc1ccc2nc(N3CCN(c4ccc(-c5ccc6c(c5)CCCC6)nn4)CC3)sc2c1. The van der Waals surface area contributed by atoms with Crippen LogP contribution < -0.4 is 9.80 Å². The van der Waals surface area contributed by atoms with Gasteiger partial charge >= 0.3 is 0 Å². The molecule has 0 N–H and O–H groups in total. The van der Waals surface area contributed by atoms with Crippen LogP contribution in [0.25, 0.3) is 21.5 Å². The highest BCUT2D eigenvalue weighted by molar-refractivity contribution is 7.22. The van der Waals surface area contributed by atoms with Crippen molar-refractivity contribution in [3.05, 3.63) is 65.2 Å². The number of anilines is 2. The average molecular weight is 456 g/mol. The maximum atomic E-state index is 4.88. The van der Waals surface area contributed by atoms with Crippen molar-refractivity contribution >= 4 is 32.5 Å². The van der Waals surface area contributed by atoms with E-state index in [-0.39, 0.29) is 0 Å². The summed E-state index contributed by atoms with van der Waals surface area (Å²) < 4.78 is 1.29. The molecule has 0 unspecified atom stereocenters. The molecular formula is C27H29N5S. The van der Waals surface area contributed by atoms with Gasteiger partial charge in [0, 0.05) is 31.7 Å². The van der Waals surface area contributed by atoms with Gasteiger partial charge in [-0.3, -0.25) is 0 Å². The summed E-state index contributed by atoms with van der Waals surface area (Å²) in [5.74, 6) is 0.966. The van der Waals surface area contributed by atoms with E-state index in [2.05, 4.69) is 75.5 Å². The highest BCUT2D eigenvalue weighted by atomic mass is 32.1. The van der Waals surface area contributed by atoms with E-state index in [0.29, 0.717) is 0 Å². The van der Waals surface area contributed by atoms with Crippen molar-refractivity contribution in [2.45, 2.75) is 39.0 Å². The van der Waals surface area contributed by atoms with Gasteiger partial charge in [0.05, 0.1) is 15.9 Å². The van der Waals surface area contributed by atoms with E-state index < -0.39 is 0 Å². The molecule has 33 heavy (non-hydrogen) atoms. The lowest BCUT2D eigenvalue weighted by molar-refractivity contribution is 0.643. The summed E-state index contributed by atoms with van der Waals surface area (Å²) in [5, 5.41) is 10.3. The maximum absolute atomic E-state index is 4.88. The molecule has 3 heterocycles. The number of rotatable bonds is 4. The van der Waals surface area contributed by atoms with Crippen molar-refractivity contribution in [1.29, 1.82) is 0 Å². The highest BCUT2D eigenvalue weighted by Gasteiger charge is 2.21. The van der Waals surface area contributed by atoms with Gasteiger partial charge < -0.3 is 9.80 Å². The first-order valence-electron chi connectivity index (χ1n) is 12.1. The molecule has 0 bridgehead atoms. The maximum Gasteiger partial charge on any atom is 0.186 e. The highest BCUT2D eigenvalue weighted by Crippen LogP contribution is 2.31. The number of aromatic nitrogens is 3. The Morgan fingerprint density at radius 3 is 2.42 bits per heavy atom. The molecule has 1 aliphatic carbocycles. The normalized spacial score (nSPS) is 16.3. The van der Waals surface area contributed by atoms with Crippen molar-refractivity contribution < 1.29 is 0 Å². The first kappa shape index (κ1) is 20.6. The lowest BCUT2D eigenvalue weighted by atomic mass is 9.90. The van der Waals surface area contributed by atoms with E-state index in [1.807, 2.05) is 11.3 Å². The van der Waals surface area contributed by atoms with E-state index in [0.717, 1.165) is 54.8 Å². The first-order chi connectivity index (χ1) is 16.3. The molecule has 2 aromatic heterocycles. The molecule has 2 aromatic carbocycles. The van der Waals surface area contributed by atoms with Crippen LogP contribution in [0.3, 0.4) is 0 Å². The molecule has 1 aliphatic heterocycles. The Hall–Kier alpha value is -2.99. The summed E-state index contributed by atoms with van der Waals surface area (Å²) in [5.41, 5.74) is 7.62. The fourth-order valence-electron chi connectivity index (χ4n) is 4.98. The number of hydrogen-bond acceptors (Lipinski definition) is 6. The Morgan fingerprint density at radius 1 is 0.818 bits per heavy atom. The summed E-state index contributed by atoms with van der Waals surface area (Å²) in [6.07, 6.45) is 6.07. The Morgan fingerprint density at radius 2 is 1.64 bits per heavy atom. The molecule has 4 aromatic rings. The second kappa shape index (κ2) is 8.75. The van der Waals surface area contributed by atoms with E-state index >= 15 is 0 Å². The zero-order chi connectivity index (χ0) is 22.2. The molecule has 5 nitrogen and oxygen atoms in total. The minimum atomic E-state index is 0.934. The second-order valence-corrected chi connectivity index (χ2v) is 10.1. The quantitative estimate of drug-likeness (QED) is 0.405. The van der Waals surface area contributed by atoms with Crippen LogP contribution in [-0.4, -0.2) is 41.4 Å². The van der Waals surface area contributed by atoms with Gasteiger partial charge in [-0.1, -0.05) is 36.5 Å². The Kier molecular flexibility index (Phi) is 5.46. The molecule has 6 heteroatoms. The number of aryl methyl sites for hydroxylation is 3. The smallest absolute Gasteiger partial charge is 0.186 e. The van der Waals surface area contributed by atoms with Gasteiger partial charge in [0.15, 0.2) is 10.9 Å². The van der Waals surface area contributed by atoms with E-state index in [1.54, 1.807) is 0 Å². The average Bonchev–Trinajstić information content (AvgIpc) is 3.32. The molecule has 0 amide bonds. The second-order valence-electron chi connectivity index (χ2n) is 9.09. The van der Waals surface area contributed by atoms with Gasteiger partial charge in [0.2, 0.25) is 0 Å². The van der Waals surface area contributed by atoms with Crippen LogP contribution in [0, 0.1) is 0 Å². The minimum Gasteiger partial charge on any atom is -0.352 e. The minimum absolute atomic E-state index is 0.934. The predicted molar refractivity (Wildman–Crippen MR) is 138 cm³/mol. The topological polar surface area (TPSA) is 45.2 Å². The molecule has 2 aliphatic rings. The van der Waals surface area contributed by atoms with Crippen LogP contribution in [0.2, 0.25) is 0 Å². The number of thiazole rings is 1. The molecule has 6 rings (SSSR count).